The normalized spacial score (nSPS) is 25.0. The highest BCUT2D eigenvalue weighted by Crippen LogP contribution is 2.22. The molecule has 17 heavy (non-hydrogen) atoms. The highest BCUT2D eigenvalue weighted by molar-refractivity contribution is 5.23. The lowest BCUT2D eigenvalue weighted by molar-refractivity contribution is -0.0319. The van der Waals surface area contributed by atoms with Crippen LogP contribution in [0.2, 0.25) is 0 Å². The Morgan fingerprint density at radius 3 is 3.00 bits per heavy atom. The summed E-state index contributed by atoms with van der Waals surface area (Å²) in [7, 11) is 1.78. The number of aromatic nitrogens is 2. The molecule has 0 bridgehead atoms. The summed E-state index contributed by atoms with van der Waals surface area (Å²) in [6.45, 7) is 1.44. The van der Waals surface area contributed by atoms with Gasteiger partial charge in [0.25, 0.3) is 0 Å². The SMILES string of the molecule is COC1CCCC(OCCn2ccc(N)n2)C1. The molecule has 0 radical (unpaired) electrons. The third-order valence-electron chi connectivity index (χ3n) is 3.25. The summed E-state index contributed by atoms with van der Waals surface area (Å²) in [6, 6.07) is 1.79. The van der Waals surface area contributed by atoms with Crippen LogP contribution in [0.1, 0.15) is 25.7 Å². The van der Waals surface area contributed by atoms with Gasteiger partial charge in [0.2, 0.25) is 0 Å². The molecule has 2 N–H and O–H groups in total. The van der Waals surface area contributed by atoms with E-state index >= 15 is 0 Å². The monoisotopic (exact) mass is 239 g/mol. The van der Waals surface area contributed by atoms with E-state index in [9.17, 15) is 0 Å². The minimum absolute atomic E-state index is 0.335. The lowest BCUT2D eigenvalue weighted by atomic mass is 9.95. The lowest BCUT2D eigenvalue weighted by Gasteiger charge is -2.28. The van der Waals surface area contributed by atoms with E-state index in [4.69, 9.17) is 15.2 Å². The van der Waals surface area contributed by atoms with Crippen LogP contribution in [0, 0.1) is 0 Å². The molecule has 2 atom stereocenters. The van der Waals surface area contributed by atoms with Crippen molar-refractivity contribution in [2.45, 2.75) is 44.4 Å². The Balaban J connectivity index is 1.68. The van der Waals surface area contributed by atoms with Crippen molar-refractivity contribution < 1.29 is 9.47 Å². The fourth-order valence-corrected chi connectivity index (χ4v) is 2.28. The Hall–Kier alpha value is -1.07. The van der Waals surface area contributed by atoms with Gasteiger partial charge in [0.05, 0.1) is 25.4 Å². The van der Waals surface area contributed by atoms with Crippen LogP contribution in [-0.2, 0) is 16.0 Å². The van der Waals surface area contributed by atoms with E-state index in [2.05, 4.69) is 5.10 Å². The number of ether oxygens (including phenoxy) is 2. The highest BCUT2D eigenvalue weighted by atomic mass is 16.5. The van der Waals surface area contributed by atoms with Gasteiger partial charge in [-0.25, -0.2) is 0 Å². The van der Waals surface area contributed by atoms with Crippen molar-refractivity contribution in [2.75, 3.05) is 19.5 Å². The number of hydrogen-bond donors (Lipinski definition) is 1. The van der Waals surface area contributed by atoms with Crippen molar-refractivity contribution in [1.82, 2.24) is 9.78 Å². The van der Waals surface area contributed by atoms with Gasteiger partial charge in [-0.2, -0.15) is 5.10 Å². The molecule has 1 fully saturated rings. The molecular formula is C12H21N3O2. The van der Waals surface area contributed by atoms with Crippen molar-refractivity contribution >= 4 is 5.82 Å². The molecule has 0 aromatic carbocycles. The Labute approximate surface area is 102 Å². The van der Waals surface area contributed by atoms with Crippen molar-refractivity contribution in [1.29, 1.82) is 0 Å². The van der Waals surface area contributed by atoms with Crippen LogP contribution >= 0.6 is 0 Å². The van der Waals surface area contributed by atoms with Crippen LogP contribution in [0.3, 0.4) is 0 Å². The van der Waals surface area contributed by atoms with Gasteiger partial charge in [0.1, 0.15) is 5.82 Å². The van der Waals surface area contributed by atoms with Crippen molar-refractivity contribution in [3.8, 4) is 0 Å². The predicted molar refractivity (Wildman–Crippen MR) is 65.6 cm³/mol. The van der Waals surface area contributed by atoms with Crippen LogP contribution in [0.15, 0.2) is 12.3 Å². The summed E-state index contributed by atoms with van der Waals surface area (Å²) >= 11 is 0. The number of nitrogens with zero attached hydrogens (tertiary/aromatic N) is 2. The van der Waals surface area contributed by atoms with Crippen molar-refractivity contribution in [2.24, 2.45) is 0 Å². The van der Waals surface area contributed by atoms with Crippen molar-refractivity contribution in [3.63, 3.8) is 0 Å². The number of nitrogen functional groups attached to an aromatic ring is 1. The first-order valence-corrected chi connectivity index (χ1v) is 6.21. The second-order valence-electron chi connectivity index (χ2n) is 4.52. The third-order valence-corrected chi connectivity index (χ3v) is 3.25. The molecular weight excluding hydrogens is 218 g/mol. The van der Waals surface area contributed by atoms with E-state index in [-0.39, 0.29) is 0 Å². The van der Waals surface area contributed by atoms with E-state index in [1.807, 2.05) is 10.9 Å². The second-order valence-corrected chi connectivity index (χ2v) is 4.52. The molecule has 5 nitrogen and oxygen atoms in total. The van der Waals surface area contributed by atoms with Gasteiger partial charge in [0, 0.05) is 13.3 Å². The number of nitrogens with two attached hydrogens (primary N) is 1. The molecule has 1 aliphatic carbocycles. The Morgan fingerprint density at radius 2 is 2.29 bits per heavy atom. The fourth-order valence-electron chi connectivity index (χ4n) is 2.28. The zero-order valence-corrected chi connectivity index (χ0v) is 10.3. The standard InChI is InChI=1S/C12H21N3O2/c1-16-10-3-2-4-11(9-10)17-8-7-15-6-5-12(13)14-15/h5-6,10-11H,2-4,7-9H2,1H3,(H2,13,14). The van der Waals surface area contributed by atoms with Gasteiger partial charge in [0.15, 0.2) is 0 Å². The van der Waals surface area contributed by atoms with Crippen LogP contribution in [-0.4, -0.2) is 35.7 Å². The summed E-state index contributed by atoms with van der Waals surface area (Å²) in [5, 5.41) is 4.11. The van der Waals surface area contributed by atoms with Crippen LogP contribution in [0.4, 0.5) is 5.82 Å². The van der Waals surface area contributed by atoms with Gasteiger partial charge in [-0.15, -0.1) is 0 Å². The Morgan fingerprint density at radius 1 is 1.47 bits per heavy atom. The summed E-state index contributed by atoms with van der Waals surface area (Å²) in [5.41, 5.74) is 5.54. The number of methoxy groups -OCH3 is 1. The first kappa shape index (κ1) is 12.4. The van der Waals surface area contributed by atoms with E-state index in [0.717, 1.165) is 25.8 Å². The molecule has 5 heteroatoms. The first-order valence-electron chi connectivity index (χ1n) is 6.21. The maximum Gasteiger partial charge on any atom is 0.145 e. The molecule has 0 spiro atoms. The van der Waals surface area contributed by atoms with Gasteiger partial charge < -0.3 is 15.2 Å². The summed E-state index contributed by atoms with van der Waals surface area (Å²) in [4.78, 5) is 0. The molecule has 1 aromatic heterocycles. The number of rotatable bonds is 5. The maximum absolute atomic E-state index is 5.85. The largest absolute Gasteiger partial charge is 0.382 e. The molecule has 0 aliphatic heterocycles. The quantitative estimate of drug-likeness (QED) is 0.844. The maximum atomic E-state index is 5.85. The number of hydrogen-bond acceptors (Lipinski definition) is 4. The molecule has 2 unspecified atom stereocenters. The molecule has 2 rings (SSSR count). The van der Waals surface area contributed by atoms with E-state index < -0.39 is 0 Å². The van der Waals surface area contributed by atoms with E-state index in [0.29, 0.717) is 24.6 Å². The van der Waals surface area contributed by atoms with Gasteiger partial charge >= 0.3 is 0 Å². The van der Waals surface area contributed by atoms with Gasteiger partial charge in [-0.3, -0.25) is 4.68 Å². The predicted octanol–water partition coefficient (Wildman–Crippen LogP) is 1.44. The second kappa shape index (κ2) is 6.02. The fraction of sp³-hybridized carbons (Fsp3) is 0.750. The highest BCUT2D eigenvalue weighted by Gasteiger charge is 2.21. The van der Waals surface area contributed by atoms with E-state index in [1.54, 1.807) is 13.2 Å². The topological polar surface area (TPSA) is 62.3 Å². The van der Waals surface area contributed by atoms with Crippen LogP contribution in [0.5, 0.6) is 0 Å². The molecule has 0 saturated heterocycles. The zero-order chi connectivity index (χ0) is 12.1. The zero-order valence-electron chi connectivity index (χ0n) is 10.3. The van der Waals surface area contributed by atoms with Crippen LogP contribution in [0.25, 0.3) is 0 Å². The Kier molecular flexibility index (Phi) is 4.39. The molecule has 0 amide bonds. The summed E-state index contributed by atoms with van der Waals surface area (Å²) < 4.78 is 13.0. The minimum atomic E-state index is 0.335. The Bertz CT molecular complexity index is 340. The summed E-state index contributed by atoms with van der Waals surface area (Å²) in [5.74, 6) is 0.558. The third kappa shape index (κ3) is 3.71. The molecule has 1 aromatic rings. The summed E-state index contributed by atoms with van der Waals surface area (Å²) in [6.07, 6.45) is 7.08. The number of anilines is 1. The molecule has 1 saturated carbocycles. The minimum Gasteiger partial charge on any atom is -0.382 e. The molecule has 1 heterocycles. The van der Waals surface area contributed by atoms with Gasteiger partial charge in [-0.05, 0) is 31.7 Å². The van der Waals surface area contributed by atoms with Crippen molar-refractivity contribution in [3.05, 3.63) is 12.3 Å². The average molecular weight is 239 g/mol. The van der Waals surface area contributed by atoms with Gasteiger partial charge in [-0.1, -0.05) is 0 Å². The molecule has 1 aliphatic rings. The first-order chi connectivity index (χ1) is 8.28. The smallest absolute Gasteiger partial charge is 0.145 e. The average Bonchev–Trinajstić information content (AvgIpc) is 2.75. The molecule has 96 valence electrons. The lowest BCUT2D eigenvalue weighted by Crippen LogP contribution is -2.28. The van der Waals surface area contributed by atoms with Crippen LogP contribution < -0.4 is 5.73 Å². The van der Waals surface area contributed by atoms with E-state index in [1.165, 1.54) is 6.42 Å².